The Morgan fingerprint density at radius 2 is 1.63 bits per heavy atom. The zero-order valence-corrected chi connectivity index (χ0v) is 24.7. The van der Waals surface area contributed by atoms with Crippen LogP contribution in [-0.2, 0) is 26.2 Å². The quantitative estimate of drug-likeness (QED) is 0.363. The third kappa shape index (κ3) is 7.18. The Balaban J connectivity index is 1.73. The Morgan fingerprint density at radius 1 is 0.927 bits per heavy atom. The highest BCUT2D eigenvalue weighted by Gasteiger charge is 2.33. The standard InChI is InChI=1S/C31H37N3O6S/c1-5-23(3)32-31(36)24(4)33(20-25-11-9-10-22(2)18-25)30(35)21-34(41(37,38)27-12-7-6-8-13-27)26-14-15-28-29(19-26)40-17-16-39-28/h6-15,18-19,23-24H,5,16-17,20-21H2,1-4H3,(H,32,36)/t23-,24-/m0/s1. The molecule has 0 bridgehead atoms. The number of amides is 2. The van der Waals surface area contributed by atoms with E-state index in [0.717, 1.165) is 21.9 Å². The van der Waals surface area contributed by atoms with Crippen LogP contribution in [0.25, 0.3) is 0 Å². The maximum Gasteiger partial charge on any atom is 0.264 e. The van der Waals surface area contributed by atoms with Crippen LogP contribution >= 0.6 is 0 Å². The van der Waals surface area contributed by atoms with Crippen molar-refractivity contribution in [1.82, 2.24) is 10.2 Å². The van der Waals surface area contributed by atoms with Gasteiger partial charge in [0.15, 0.2) is 11.5 Å². The predicted molar refractivity (Wildman–Crippen MR) is 157 cm³/mol. The van der Waals surface area contributed by atoms with Crippen LogP contribution in [-0.4, -0.2) is 57.0 Å². The van der Waals surface area contributed by atoms with Gasteiger partial charge in [0.2, 0.25) is 11.8 Å². The van der Waals surface area contributed by atoms with Crippen LogP contribution in [0.2, 0.25) is 0 Å². The molecule has 3 aromatic rings. The Hall–Kier alpha value is -4.05. The van der Waals surface area contributed by atoms with Crippen molar-refractivity contribution in [1.29, 1.82) is 0 Å². The summed E-state index contributed by atoms with van der Waals surface area (Å²) in [7, 11) is -4.17. The van der Waals surface area contributed by atoms with Gasteiger partial charge in [0.1, 0.15) is 25.8 Å². The van der Waals surface area contributed by atoms with Gasteiger partial charge in [-0.15, -0.1) is 0 Å². The van der Waals surface area contributed by atoms with Crippen LogP contribution in [0, 0.1) is 6.92 Å². The van der Waals surface area contributed by atoms with Crippen LogP contribution < -0.4 is 19.1 Å². The number of hydrogen-bond donors (Lipinski definition) is 1. The van der Waals surface area contributed by atoms with Crippen LogP contribution in [0.4, 0.5) is 5.69 Å². The molecule has 0 fully saturated rings. The Labute approximate surface area is 242 Å². The van der Waals surface area contributed by atoms with Crippen molar-refractivity contribution in [3.8, 4) is 11.5 Å². The second-order valence-corrected chi connectivity index (χ2v) is 12.0. The van der Waals surface area contributed by atoms with Gasteiger partial charge in [-0.25, -0.2) is 8.42 Å². The molecule has 0 radical (unpaired) electrons. The minimum Gasteiger partial charge on any atom is -0.486 e. The Bertz CT molecular complexity index is 1480. The molecule has 0 saturated heterocycles. The lowest BCUT2D eigenvalue weighted by molar-refractivity contribution is -0.139. The third-order valence-electron chi connectivity index (χ3n) is 7.03. The first-order valence-corrected chi connectivity index (χ1v) is 15.2. The number of carbonyl (C=O) groups is 2. The van der Waals surface area contributed by atoms with Gasteiger partial charge in [-0.1, -0.05) is 55.0 Å². The number of nitrogens with zero attached hydrogens (tertiary/aromatic N) is 2. The topological polar surface area (TPSA) is 105 Å². The minimum atomic E-state index is -4.17. The van der Waals surface area contributed by atoms with Crippen LogP contribution in [0.1, 0.15) is 38.3 Å². The molecule has 2 atom stereocenters. The van der Waals surface area contributed by atoms with Gasteiger partial charge in [0.25, 0.3) is 10.0 Å². The van der Waals surface area contributed by atoms with E-state index in [9.17, 15) is 18.0 Å². The molecule has 41 heavy (non-hydrogen) atoms. The number of fused-ring (bicyclic) bond motifs is 1. The highest BCUT2D eigenvalue weighted by Crippen LogP contribution is 2.36. The molecule has 0 aromatic heterocycles. The maximum atomic E-state index is 14.1. The van der Waals surface area contributed by atoms with Crippen molar-refractivity contribution < 1.29 is 27.5 Å². The zero-order valence-electron chi connectivity index (χ0n) is 23.9. The number of carbonyl (C=O) groups excluding carboxylic acids is 2. The van der Waals surface area contributed by atoms with E-state index in [2.05, 4.69) is 5.32 Å². The van der Waals surface area contributed by atoms with E-state index >= 15 is 0 Å². The lowest BCUT2D eigenvalue weighted by Gasteiger charge is -2.32. The van der Waals surface area contributed by atoms with E-state index in [-0.39, 0.29) is 29.1 Å². The van der Waals surface area contributed by atoms with Crippen LogP contribution in [0.3, 0.4) is 0 Å². The number of hydrogen-bond acceptors (Lipinski definition) is 6. The predicted octanol–water partition coefficient (Wildman–Crippen LogP) is 4.29. The molecular weight excluding hydrogens is 542 g/mol. The average molecular weight is 580 g/mol. The lowest BCUT2D eigenvalue weighted by atomic mass is 10.1. The van der Waals surface area contributed by atoms with Gasteiger partial charge in [0.05, 0.1) is 10.6 Å². The number of sulfonamides is 1. The summed E-state index contributed by atoms with van der Waals surface area (Å²) >= 11 is 0. The molecule has 4 rings (SSSR count). The summed E-state index contributed by atoms with van der Waals surface area (Å²) < 4.78 is 40.3. The van der Waals surface area contributed by atoms with Crippen molar-refractivity contribution >= 4 is 27.5 Å². The molecule has 1 heterocycles. The molecule has 2 amide bonds. The normalized spacial score (nSPS) is 14.0. The largest absolute Gasteiger partial charge is 0.486 e. The second-order valence-electron chi connectivity index (χ2n) is 10.2. The maximum absolute atomic E-state index is 14.1. The van der Waals surface area contributed by atoms with Crippen molar-refractivity contribution in [2.45, 2.75) is 57.6 Å². The summed E-state index contributed by atoms with van der Waals surface area (Å²) in [5.74, 6) is 0.0667. The van der Waals surface area contributed by atoms with Crippen LogP contribution in [0.5, 0.6) is 11.5 Å². The van der Waals surface area contributed by atoms with Gasteiger partial charge >= 0.3 is 0 Å². The van der Waals surface area contributed by atoms with Crippen molar-refractivity contribution in [3.63, 3.8) is 0 Å². The van der Waals surface area contributed by atoms with E-state index in [0.29, 0.717) is 24.7 Å². The fraction of sp³-hybridized carbons (Fsp3) is 0.355. The number of ether oxygens (including phenoxy) is 2. The summed E-state index contributed by atoms with van der Waals surface area (Å²) in [4.78, 5) is 28.7. The summed E-state index contributed by atoms with van der Waals surface area (Å²) in [5, 5.41) is 2.94. The van der Waals surface area contributed by atoms with Crippen LogP contribution in [0.15, 0.2) is 77.7 Å². The first-order chi connectivity index (χ1) is 19.6. The van der Waals surface area contributed by atoms with Gasteiger partial charge < -0.3 is 19.7 Å². The molecule has 1 aliphatic rings. The van der Waals surface area contributed by atoms with Crippen molar-refractivity contribution in [2.75, 3.05) is 24.1 Å². The SMILES string of the molecule is CC[C@H](C)NC(=O)[C@H](C)N(Cc1cccc(C)c1)C(=O)CN(c1ccc2c(c1)OCCO2)S(=O)(=O)c1ccccc1. The molecule has 3 aromatic carbocycles. The summed E-state index contributed by atoms with van der Waals surface area (Å²) in [5.41, 5.74) is 2.09. The van der Waals surface area contributed by atoms with Gasteiger partial charge in [-0.3, -0.25) is 13.9 Å². The second kappa shape index (κ2) is 13.1. The van der Waals surface area contributed by atoms with Gasteiger partial charge in [0, 0.05) is 18.7 Å². The monoisotopic (exact) mass is 579 g/mol. The number of anilines is 1. The summed E-state index contributed by atoms with van der Waals surface area (Å²) in [6, 6.07) is 19.5. The van der Waals surface area contributed by atoms with E-state index in [4.69, 9.17) is 9.47 Å². The molecule has 0 spiro atoms. The van der Waals surface area contributed by atoms with Crippen molar-refractivity contribution in [2.24, 2.45) is 0 Å². The van der Waals surface area contributed by atoms with Crippen molar-refractivity contribution in [3.05, 3.63) is 83.9 Å². The molecule has 0 aliphatic carbocycles. The van der Waals surface area contributed by atoms with E-state index in [1.54, 1.807) is 43.3 Å². The van der Waals surface area contributed by atoms with E-state index in [1.807, 2.05) is 45.0 Å². The first-order valence-electron chi connectivity index (χ1n) is 13.7. The number of rotatable bonds is 11. The van der Waals surface area contributed by atoms with Gasteiger partial charge in [-0.05, 0) is 57.0 Å². The van der Waals surface area contributed by atoms with Gasteiger partial charge in [-0.2, -0.15) is 0 Å². The zero-order chi connectivity index (χ0) is 29.6. The first kappa shape index (κ1) is 29.9. The Kier molecular flexibility index (Phi) is 9.54. The molecule has 10 heteroatoms. The van der Waals surface area contributed by atoms with E-state index in [1.165, 1.54) is 17.0 Å². The summed E-state index contributed by atoms with van der Waals surface area (Å²) in [6.07, 6.45) is 0.734. The molecule has 1 aliphatic heterocycles. The number of aryl methyl sites for hydroxylation is 1. The number of benzene rings is 3. The van der Waals surface area contributed by atoms with E-state index < -0.39 is 28.5 Å². The molecule has 0 saturated carbocycles. The number of nitrogens with one attached hydrogen (secondary N) is 1. The molecular formula is C31H37N3O6S. The third-order valence-corrected chi connectivity index (χ3v) is 8.82. The highest BCUT2D eigenvalue weighted by atomic mass is 32.2. The minimum absolute atomic E-state index is 0.0375. The highest BCUT2D eigenvalue weighted by molar-refractivity contribution is 7.92. The smallest absolute Gasteiger partial charge is 0.264 e. The molecule has 0 unspecified atom stereocenters. The summed E-state index contributed by atoms with van der Waals surface area (Å²) in [6.45, 7) is 7.80. The fourth-order valence-corrected chi connectivity index (χ4v) is 5.92. The molecule has 9 nitrogen and oxygen atoms in total. The molecule has 1 N–H and O–H groups in total. The fourth-order valence-electron chi connectivity index (χ4n) is 4.49. The lowest BCUT2D eigenvalue weighted by Crippen LogP contribution is -2.52. The Morgan fingerprint density at radius 3 is 2.32 bits per heavy atom. The average Bonchev–Trinajstić information content (AvgIpc) is 2.98. The molecule has 218 valence electrons.